The number of benzene rings is 2. The molecule has 1 amide bonds. The molecule has 3 rings (SSSR count). The highest BCUT2D eigenvalue weighted by molar-refractivity contribution is 7.90. The second kappa shape index (κ2) is 9.58. The van der Waals surface area contributed by atoms with Gasteiger partial charge in [0.15, 0.2) is 9.84 Å². The van der Waals surface area contributed by atoms with Crippen LogP contribution in [0.25, 0.3) is 11.1 Å². The van der Waals surface area contributed by atoms with Crippen LogP contribution in [0, 0.1) is 11.3 Å². The highest BCUT2D eigenvalue weighted by Crippen LogP contribution is 2.37. The third-order valence-corrected chi connectivity index (χ3v) is 6.66. The van der Waals surface area contributed by atoms with Crippen molar-refractivity contribution in [1.29, 1.82) is 5.26 Å². The molecular weight excluding hydrogens is 498 g/mol. The van der Waals surface area contributed by atoms with Crippen LogP contribution in [-0.2, 0) is 14.6 Å². The number of alkyl halides is 4. The van der Waals surface area contributed by atoms with Crippen molar-refractivity contribution in [1.82, 2.24) is 10.6 Å². The van der Waals surface area contributed by atoms with E-state index >= 15 is 0 Å². The fourth-order valence-electron chi connectivity index (χ4n) is 3.46. The molecule has 6 nitrogen and oxygen atoms in total. The first-order valence-electron chi connectivity index (χ1n) is 10.9. The summed E-state index contributed by atoms with van der Waals surface area (Å²) in [5.41, 5.74) is -2.98. The Kier molecular flexibility index (Phi) is 7.24. The Morgan fingerprint density at radius 3 is 1.92 bits per heavy atom. The molecule has 192 valence electrons. The van der Waals surface area contributed by atoms with Crippen molar-refractivity contribution in [3.63, 3.8) is 0 Å². The Morgan fingerprint density at radius 2 is 1.53 bits per heavy atom. The highest BCUT2D eigenvalue weighted by Gasteiger charge is 2.46. The molecule has 0 bridgehead atoms. The zero-order valence-electron chi connectivity index (χ0n) is 19.8. The van der Waals surface area contributed by atoms with E-state index in [1.54, 1.807) is 12.1 Å². The Hall–Kier alpha value is -3.39. The van der Waals surface area contributed by atoms with Gasteiger partial charge in [-0.2, -0.15) is 18.4 Å². The Balaban J connectivity index is 1.90. The van der Waals surface area contributed by atoms with Crippen molar-refractivity contribution < 1.29 is 30.8 Å². The van der Waals surface area contributed by atoms with E-state index in [2.05, 4.69) is 10.6 Å². The smallest absolute Gasteiger partial charge is 0.366 e. The van der Waals surface area contributed by atoms with Crippen molar-refractivity contribution in [2.45, 2.75) is 55.0 Å². The van der Waals surface area contributed by atoms with Gasteiger partial charge in [-0.3, -0.25) is 4.79 Å². The molecule has 2 aromatic carbocycles. The summed E-state index contributed by atoms with van der Waals surface area (Å²) < 4.78 is 79.7. The topological polar surface area (TPSA) is 99.1 Å². The van der Waals surface area contributed by atoms with Crippen LogP contribution in [-0.4, -0.2) is 38.0 Å². The van der Waals surface area contributed by atoms with Gasteiger partial charge in [-0.25, -0.2) is 12.8 Å². The molecule has 0 spiro atoms. The minimum atomic E-state index is -4.84. The van der Waals surface area contributed by atoms with Gasteiger partial charge in [0.25, 0.3) is 5.91 Å². The van der Waals surface area contributed by atoms with Crippen molar-refractivity contribution in [2.75, 3.05) is 6.26 Å². The molecule has 0 saturated heterocycles. The van der Waals surface area contributed by atoms with Crippen LogP contribution in [0.4, 0.5) is 17.6 Å². The maximum Gasteiger partial charge on any atom is 0.412 e. The molecule has 0 unspecified atom stereocenters. The van der Waals surface area contributed by atoms with Gasteiger partial charge in [0.05, 0.1) is 16.7 Å². The lowest BCUT2D eigenvalue weighted by atomic mass is 9.99. The van der Waals surface area contributed by atoms with Gasteiger partial charge >= 0.3 is 6.18 Å². The molecule has 0 heterocycles. The Bertz CT molecular complexity index is 1300. The summed E-state index contributed by atoms with van der Waals surface area (Å²) in [5, 5.41) is 13.7. The molecule has 0 radical (unpaired) electrons. The van der Waals surface area contributed by atoms with Crippen molar-refractivity contribution >= 4 is 15.7 Å². The summed E-state index contributed by atoms with van der Waals surface area (Å²) >= 11 is 0. The van der Waals surface area contributed by atoms with Gasteiger partial charge in [-0.05, 0) is 61.6 Å². The molecule has 0 aromatic heterocycles. The predicted molar refractivity (Wildman–Crippen MR) is 126 cm³/mol. The number of amides is 1. The lowest BCUT2D eigenvalue weighted by Gasteiger charge is -2.26. The van der Waals surface area contributed by atoms with E-state index in [4.69, 9.17) is 0 Å². The molecule has 36 heavy (non-hydrogen) atoms. The highest BCUT2D eigenvalue weighted by atomic mass is 32.2. The summed E-state index contributed by atoms with van der Waals surface area (Å²) in [5.74, 6) is -1.00. The van der Waals surface area contributed by atoms with Gasteiger partial charge in [0, 0.05) is 6.26 Å². The number of nitrogens with one attached hydrogen (secondary N) is 2. The standard InChI is InChI=1S/C25H25F4N3O3S/c1-23(2,26)14-20(22(33)32-24(15-30)12-13-24)31-21(25(27,28)29)18-6-4-16(5-7-18)17-8-10-19(11-9-17)36(3,34)35/h4-11,14,21,31H,12-13H2,1-3H3,(H,32,33)/b20-14+/t21-/m0/s1. The predicted octanol–water partition coefficient (Wildman–Crippen LogP) is 4.75. The van der Waals surface area contributed by atoms with Gasteiger partial charge < -0.3 is 10.6 Å². The second-order valence-corrected chi connectivity index (χ2v) is 11.3. The Labute approximate surface area is 206 Å². The molecule has 1 aliphatic carbocycles. The number of hydrogen-bond acceptors (Lipinski definition) is 5. The first-order valence-corrected chi connectivity index (χ1v) is 12.8. The van der Waals surface area contributed by atoms with E-state index < -0.39 is 44.9 Å². The lowest BCUT2D eigenvalue weighted by molar-refractivity contribution is -0.156. The Morgan fingerprint density at radius 1 is 1.03 bits per heavy atom. The van der Waals surface area contributed by atoms with Gasteiger partial charge in [-0.15, -0.1) is 0 Å². The molecule has 1 aliphatic rings. The fraction of sp³-hybridized carbons (Fsp3) is 0.360. The van der Waals surface area contributed by atoms with Crippen LogP contribution in [0.15, 0.2) is 65.2 Å². The molecule has 0 aliphatic heterocycles. The van der Waals surface area contributed by atoms with Gasteiger partial charge in [0.1, 0.15) is 17.2 Å². The largest absolute Gasteiger partial charge is 0.412 e. The average molecular weight is 524 g/mol. The maximum absolute atomic E-state index is 14.3. The van der Waals surface area contributed by atoms with Gasteiger partial charge in [-0.1, -0.05) is 36.4 Å². The van der Waals surface area contributed by atoms with Crippen LogP contribution in [0.3, 0.4) is 0 Å². The molecule has 1 saturated carbocycles. The van der Waals surface area contributed by atoms with Crippen LogP contribution in [0.1, 0.15) is 38.3 Å². The molecular formula is C25H25F4N3O3S. The number of hydrogen-bond donors (Lipinski definition) is 2. The molecule has 1 atom stereocenters. The van der Waals surface area contributed by atoms with Gasteiger partial charge in [0.2, 0.25) is 0 Å². The molecule has 11 heteroatoms. The SMILES string of the molecule is CC(C)(F)/C=C(/N[C@@H](c1ccc(-c2ccc(S(C)(=O)=O)cc2)cc1)C(F)(F)F)C(=O)NC1(C#N)CC1. The summed E-state index contributed by atoms with van der Waals surface area (Å²) in [4.78, 5) is 12.8. The first kappa shape index (κ1) is 27.2. The van der Waals surface area contributed by atoms with E-state index in [9.17, 15) is 36.0 Å². The van der Waals surface area contributed by atoms with E-state index in [-0.39, 0.29) is 10.5 Å². The molecule has 2 aromatic rings. The number of halogens is 4. The summed E-state index contributed by atoms with van der Waals surface area (Å²) in [7, 11) is -3.39. The number of carbonyl (C=O) groups excluding carboxylic acids is 1. The fourth-order valence-corrected chi connectivity index (χ4v) is 4.09. The van der Waals surface area contributed by atoms with E-state index in [0.29, 0.717) is 24.0 Å². The third-order valence-electron chi connectivity index (χ3n) is 5.54. The number of allylic oxidation sites excluding steroid dienone is 1. The minimum Gasteiger partial charge on any atom is -0.366 e. The molecule has 2 N–H and O–H groups in total. The van der Waals surface area contributed by atoms with Crippen LogP contribution < -0.4 is 10.6 Å². The van der Waals surface area contributed by atoms with Crippen LogP contribution >= 0.6 is 0 Å². The first-order chi connectivity index (χ1) is 16.5. The van der Waals surface area contributed by atoms with Crippen molar-refractivity contribution in [2.24, 2.45) is 0 Å². The summed E-state index contributed by atoms with van der Waals surface area (Å²) in [6.45, 7) is 2.18. The van der Waals surface area contributed by atoms with E-state index in [0.717, 1.165) is 26.2 Å². The van der Waals surface area contributed by atoms with Crippen molar-refractivity contribution in [3.05, 3.63) is 65.9 Å². The van der Waals surface area contributed by atoms with E-state index in [1.165, 1.54) is 36.4 Å². The zero-order chi connectivity index (χ0) is 26.9. The molecule has 1 fully saturated rings. The quantitative estimate of drug-likeness (QED) is 0.384. The second-order valence-electron chi connectivity index (χ2n) is 9.31. The van der Waals surface area contributed by atoms with Crippen molar-refractivity contribution in [3.8, 4) is 17.2 Å². The van der Waals surface area contributed by atoms with E-state index in [1.807, 2.05) is 6.07 Å². The lowest BCUT2D eigenvalue weighted by Crippen LogP contribution is -2.43. The average Bonchev–Trinajstić information content (AvgIpc) is 3.54. The number of nitrogens with zero attached hydrogens (tertiary/aromatic N) is 1. The zero-order valence-corrected chi connectivity index (χ0v) is 20.6. The third kappa shape index (κ3) is 6.85. The number of rotatable bonds is 8. The van der Waals surface area contributed by atoms with Crippen LogP contribution in [0.5, 0.6) is 0 Å². The monoisotopic (exact) mass is 523 g/mol. The number of carbonyl (C=O) groups is 1. The number of sulfone groups is 1. The maximum atomic E-state index is 14.3. The summed E-state index contributed by atoms with van der Waals surface area (Å²) in [6, 6.07) is 10.8. The number of nitriles is 1. The normalized spacial score (nSPS) is 16.6. The van der Waals surface area contributed by atoms with Crippen LogP contribution in [0.2, 0.25) is 0 Å². The summed E-state index contributed by atoms with van der Waals surface area (Å²) in [6.07, 6.45) is -2.30. The minimum absolute atomic E-state index is 0.113.